The lowest BCUT2D eigenvalue weighted by Crippen LogP contribution is -2.54. The fraction of sp³-hybridized carbons (Fsp3) is 0.464. The Balaban J connectivity index is 1.65. The van der Waals surface area contributed by atoms with E-state index in [2.05, 4.69) is 10.3 Å². The van der Waals surface area contributed by atoms with Gasteiger partial charge in [-0.15, -0.1) is 0 Å². The first-order valence-corrected chi connectivity index (χ1v) is 13.0. The Morgan fingerprint density at radius 3 is 2.49 bits per heavy atom. The minimum Gasteiger partial charge on any atom is -0.494 e. The Kier molecular flexibility index (Phi) is 7.66. The third-order valence-corrected chi connectivity index (χ3v) is 7.75. The molecule has 2 atom stereocenters. The van der Waals surface area contributed by atoms with Gasteiger partial charge >= 0.3 is 6.18 Å². The zero-order chi connectivity index (χ0) is 28.6. The van der Waals surface area contributed by atoms with Gasteiger partial charge in [-0.3, -0.25) is 14.5 Å². The summed E-state index contributed by atoms with van der Waals surface area (Å²) in [7, 11) is 0. The van der Waals surface area contributed by atoms with Crippen LogP contribution in [0.5, 0.6) is 5.75 Å². The number of carbonyl (C=O) groups is 2. The number of benzene rings is 2. The first-order chi connectivity index (χ1) is 18.4. The summed E-state index contributed by atoms with van der Waals surface area (Å²) >= 11 is 0. The summed E-state index contributed by atoms with van der Waals surface area (Å²) in [6.45, 7) is 5.94. The van der Waals surface area contributed by atoms with E-state index >= 15 is 0 Å². The van der Waals surface area contributed by atoms with Crippen molar-refractivity contribution < 1.29 is 32.6 Å². The monoisotopic (exact) mass is 546 g/mol. The van der Waals surface area contributed by atoms with E-state index in [9.17, 15) is 27.9 Å². The van der Waals surface area contributed by atoms with Crippen LogP contribution in [-0.4, -0.2) is 51.7 Å². The van der Waals surface area contributed by atoms with Crippen LogP contribution in [0.2, 0.25) is 0 Å². The van der Waals surface area contributed by atoms with E-state index in [1.54, 1.807) is 19.1 Å². The van der Waals surface area contributed by atoms with Gasteiger partial charge in [0.2, 0.25) is 5.91 Å². The molecule has 8 nitrogen and oxygen atoms in total. The molecule has 1 heterocycles. The molecule has 2 aromatic carbocycles. The lowest BCUT2D eigenvalue weighted by Gasteiger charge is -2.36. The number of amides is 2. The number of fused-ring (bicyclic) bond motifs is 1. The van der Waals surface area contributed by atoms with E-state index < -0.39 is 35.7 Å². The first-order valence-electron chi connectivity index (χ1n) is 13.0. The van der Waals surface area contributed by atoms with Gasteiger partial charge in [-0.1, -0.05) is 38.1 Å². The van der Waals surface area contributed by atoms with Crippen LogP contribution in [0.25, 0.3) is 0 Å². The molecule has 39 heavy (non-hydrogen) atoms. The van der Waals surface area contributed by atoms with Gasteiger partial charge in [0, 0.05) is 17.5 Å². The average Bonchev–Trinajstić information content (AvgIpc) is 3.19. The topological polar surface area (TPSA) is 117 Å². The third-order valence-electron chi connectivity index (χ3n) is 7.75. The largest absolute Gasteiger partial charge is 0.494 e. The highest BCUT2D eigenvalue weighted by Gasteiger charge is 2.62. The molecule has 2 aliphatic rings. The number of nitrogens with two attached hydrogens (primary N) is 1. The number of nitrogens with one attached hydrogen (secondary N) is 1. The second-order valence-electron chi connectivity index (χ2n) is 10.0. The Hall–Kier alpha value is -3.60. The minimum atomic E-state index is -4.98. The zero-order valence-corrected chi connectivity index (χ0v) is 22.1. The molecule has 0 aromatic heterocycles. The van der Waals surface area contributed by atoms with Crippen LogP contribution in [0.1, 0.15) is 73.1 Å². The standard InChI is InChI=1S/C28H33F3N4O4/c1-4-26(5-2)15-22(36)35(25(32)34-26)16-19-13-17(11-12-21(19)39-6-3)24(37)33-23-20-10-8-7-9-18(20)14-27(23,38)28(29,30)31/h7-13,23,38H,4-6,14-16H2,1-3H3,(H2,32,34)(H,33,37). The number of halogens is 3. The summed E-state index contributed by atoms with van der Waals surface area (Å²) in [6, 6.07) is 8.81. The molecule has 2 aromatic rings. The molecule has 1 aliphatic carbocycles. The van der Waals surface area contributed by atoms with Crippen molar-refractivity contribution in [3.05, 3.63) is 64.7 Å². The van der Waals surface area contributed by atoms with Gasteiger partial charge in [0.15, 0.2) is 11.6 Å². The van der Waals surface area contributed by atoms with Crippen molar-refractivity contribution in [3.8, 4) is 5.75 Å². The van der Waals surface area contributed by atoms with E-state index in [1.165, 1.54) is 35.2 Å². The third kappa shape index (κ3) is 5.19. The Morgan fingerprint density at radius 1 is 1.18 bits per heavy atom. The molecule has 0 fully saturated rings. The number of hydrogen-bond acceptors (Lipinski definition) is 6. The van der Waals surface area contributed by atoms with E-state index in [0.717, 1.165) is 0 Å². The van der Waals surface area contributed by atoms with Crippen LogP contribution in [0, 0.1) is 0 Å². The van der Waals surface area contributed by atoms with Crippen molar-refractivity contribution in [3.63, 3.8) is 0 Å². The molecule has 11 heteroatoms. The Labute approximate surface area is 225 Å². The van der Waals surface area contributed by atoms with Crippen molar-refractivity contribution >= 4 is 17.8 Å². The summed E-state index contributed by atoms with van der Waals surface area (Å²) in [6.07, 6.45) is -4.16. The second-order valence-corrected chi connectivity index (χ2v) is 10.0. The van der Waals surface area contributed by atoms with Crippen molar-refractivity contribution in [2.45, 2.75) is 76.4 Å². The molecule has 0 saturated carbocycles. The highest BCUT2D eigenvalue weighted by molar-refractivity contribution is 5.99. The molecule has 1 aliphatic heterocycles. The maximum Gasteiger partial charge on any atom is 0.419 e. The number of guanidine groups is 1. The van der Waals surface area contributed by atoms with Gasteiger partial charge in [0.05, 0.1) is 31.2 Å². The SMILES string of the molecule is CCOc1ccc(C(=O)NC2c3ccccc3CC2(O)C(F)(F)F)cc1CN1C(=O)CC(CC)(CC)N=C1N. The van der Waals surface area contributed by atoms with Crippen LogP contribution in [-0.2, 0) is 17.8 Å². The smallest absolute Gasteiger partial charge is 0.419 e. The maximum absolute atomic E-state index is 14.0. The molecule has 0 bridgehead atoms. The van der Waals surface area contributed by atoms with E-state index in [1.807, 2.05) is 13.8 Å². The molecule has 0 saturated heterocycles. The normalized spacial score (nSPS) is 22.3. The summed E-state index contributed by atoms with van der Waals surface area (Å²) in [4.78, 5) is 32.2. The highest BCUT2D eigenvalue weighted by atomic mass is 19.4. The predicted octanol–water partition coefficient (Wildman–Crippen LogP) is 4.01. The number of ether oxygens (including phenoxy) is 1. The van der Waals surface area contributed by atoms with E-state index in [4.69, 9.17) is 10.5 Å². The summed E-state index contributed by atoms with van der Waals surface area (Å²) in [5.74, 6) is -0.576. The van der Waals surface area contributed by atoms with Gasteiger partial charge in [0.1, 0.15) is 5.75 Å². The number of hydrogen-bond donors (Lipinski definition) is 3. The molecule has 2 unspecified atom stereocenters. The quantitative estimate of drug-likeness (QED) is 0.463. The van der Waals surface area contributed by atoms with Crippen molar-refractivity contribution in [2.24, 2.45) is 10.7 Å². The van der Waals surface area contributed by atoms with Gasteiger partial charge in [-0.05, 0) is 49.1 Å². The van der Waals surface area contributed by atoms with Gasteiger partial charge < -0.3 is 20.9 Å². The second kappa shape index (κ2) is 10.5. The molecule has 4 rings (SSSR count). The molecule has 2 amide bonds. The maximum atomic E-state index is 14.0. The molecule has 210 valence electrons. The predicted molar refractivity (Wildman–Crippen MR) is 139 cm³/mol. The van der Waals surface area contributed by atoms with Crippen molar-refractivity contribution in [1.82, 2.24) is 10.2 Å². The van der Waals surface area contributed by atoms with Crippen LogP contribution < -0.4 is 15.8 Å². The number of nitrogens with zero attached hydrogens (tertiary/aromatic N) is 2. The van der Waals surface area contributed by atoms with Crippen LogP contribution in [0.4, 0.5) is 13.2 Å². The molecule has 4 N–H and O–H groups in total. The molecule has 0 spiro atoms. The fourth-order valence-corrected chi connectivity index (χ4v) is 5.29. The van der Waals surface area contributed by atoms with E-state index in [-0.39, 0.29) is 36.0 Å². The van der Waals surface area contributed by atoms with Crippen molar-refractivity contribution in [2.75, 3.05) is 6.61 Å². The first kappa shape index (κ1) is 28.4. The van der Waals surface area contributed by atoms with Crippen molar-refractivity contribution in [1.29, 1.82) is 0 Å². The molecular weight excluding hydrogens is 513 g/mol. The number of carbonyl (C=O) groups excluding carboxylic acids is 2. The molecule has 0 radical (unpaired) electrons. The number of rotatable bonds is 8. The van der Waals surface area contributed by atoms with Gasteiger partial charge in [-0.2, -0.15) is 13.2 Å². The van der Waals surface area contributed by atoms with Gasteiger partial charge in [0.25, 0.3) is 5.91 Å². The number of alkyl halides is 3. The van der Waals surface area contributed by atoms with Crippen LogP contribution in [0.15, 0.2) is 47.5 Å². The molecular formula is C28H33F3N4O4. The van der Waals surface area contributed by atoms with E-state index in [0.29, 0.717) is 36.3 Å². The highest BCUT2D eigenvalue weighted by Crippen LogP contribution is 2.48. The summed E-state index contributed by atoms with van der Waals surface area (Å²) in [5, 5.41) is 13.1. The fourth-order valence-electron chi connectivity index (χ4n) is 5.29. The van der Waals surface area contributed by atoms with Gasteiger partial charge in [-0.25, -0.2) is 4.99 Å². The number of aliphatic imine (C=N–C) groups is 1. The lowest BCUT2D eigenvalue weighted by molar-refractivity contribution is -0.266. The van der Waals surface area contributed by atoms with Crippen LogP contribution in [0.3, 0.4) is 0 Å². The Morgan fingerprint density at radius 2 is 1.87 bits per heavy atom. The summed E-state index contributed by atoms with van der Waals surface area (Å²) < 4.78 is 47.6. The average molecular weight is 547 g/mol. The minimum absolute atomic E-state index is 0.0348. The number of aliphatic hydroxyl groups is 1. The lowest BCUT2D eigenvalue weighted by atomic mass is 9.88. The Bertz CT molecular complexity index is 1290. The van der Waals surface area contributed by atoms with Crippen LogP contribution >= 0.6 is 0 Å². The zero-order valence-electron chi connectivity index (χ0n) is 22.1. The summed E-state index contributed by atoms with van der Waals surface area (Å²) in [5.41, 5.74) is 3.47.